The van der Waals surface area contributed by atoms with E-state index in [0.29, 0.717) is 17.7 Å². The third-order valence-electron chi connectivity index (χ3n) is 5.45. The first-order valence-corrected chi connectivity index (χ1v) is 11.3. The molecule has 0 bridgehead atoms. The summed E-state index contributed by atoms with van der Waals surface area (Å²) in [5.74, 6) is 0.748. The Hall–Kier alpha value is -3.06. The van der Waals surface area contributed by atoms with Crippen molar-refractivity contribution in [3.05, 3.63) is 92.1 Å². The van der Waals surface area contributed by atoms with Crippen LogP contribution in [0, 0.1) is 6.92 Å². The molecule has 6 nitrogen and oxygen atoms in total. The number of fused-ring (bicyclic) bond motifs is 1. The molecule has 0 atom stereocenters. The Morgan fingerprint density at radius 1 is 0.935 bits per heavy atom. The summed E-state index contributed by atoms with van der Waals surface area (Å²) < 4.78 is 4.61. The Balaban J connectivity index is 1.70. The van der Waals surface area contributed by atoms with Gasteiger partial charge in [-0.05, 0) is 30.9 Å². The third-order valence-corrected chi connectivity index (χ3v) is 6.50. The van der Waals surface area contributed by atoms with Crippen LogP contribution in [0.1, 0.15) is 23.1 Å². The molecule has 0 spiro atoms. The van der Waals surface area contributed by atoms with Crippen LogP contribution in [-0.4, -0.2) is 18.7 Å². The van der Waals surface area contributed by atoms with Gasteiger partial charge in [0.15, 0.2) is 16.3 Å². The zero-order chi connectivity index (χ0) is 22.0. The zero-order valence-corrected chi connectivity index (χ0v) is 18.9. The van der Waals surface area contributed by atoms with E-state index in [1.54, 1.807) is 18.8 Å². The van der Waals surface area contributed by atoms with E-state index in [4.69, 9.17) is 4.98 Å². The topological polar surface area (TPSA) is 61.8 Å². The lowest BCUT2D eigenvalue weighted by molar-refractivity contribution is 0.605. The second kappa shape index (κ2) is 8.98. The second-order valence-electron chi connectivity index (χ2n) is 7.79. The Kier molecular flexibility index (Phi) is 6.13. The van der Waals surface area contributed by atoms with Gasteiger partial charge >= 0.3 is 5.69 Å². The minimum absolute atomic E-state index is 0.298. The molecule has 0 aliphatic rings. The molecule has 4 rings (SSSR count). The second-order valence-corrected chi connectivity index (χ2v) is 8.73. The lowest BCUT2D eigenvalue weighted by Crippen LogP contribution is -2.37. The smallest absolute Gasteiger partial charge is 0.313 e. The Morgan fingerprint density at radius 2 is 1.68 bits per heavy atom. The molecule has 0 saturated carbocycles. The van der Waals surface area contributed by atoms with Gasteiger partial charge in [0, 0.05) is 26.4 Å². The van der Waals surface area contributed by atoms with Crippen molar-refractivity contribution in [1.82, 2.24) is 18.7 Å². The van der Waals surface area contributed by atoms with Gasteiger partial charge in [0.25, 0.3) is 5.56 Å². The number of imidazole rings is 1. The average Bonchev–Trinajstić information content (AvgIpc) is 3.14. The largest absolute Gasteiger partial charge is 0.332 e. The Morgan fingerprint density at radius 3 is 2.42 bits per heavy atom. The molecule has 0 aliphatic carbocycles. The third kappa shape index (κ3) is 4.37. The van der Waals surface area contributed by atoms with Crippen molar-refractivity contribution in [1.29, 1.82) is 0 Å². The predicted octanol–water partition coefficient (Wildman–Crippen LogP) is 3.67. The van der Waals surface area contributed by atoms with Gasteiger partial charge in [-0.1, -0.05) is 71.9 Å². The highest BCUT2D eigenvalue weighted by Crippen LogP contribution is 2.26. The van der Waals surface area contributed by atoms with Crippen LogP contribution in [0.2, 0.25) is 0 Å². The van der Waals surface area contributed by atoms with Crippen molar-refractivity contribution in [3.63, 3.8) is 0 Å². The number of aromatic nitrogens is 4. The van der Waals surface area contributed by atoms with Crippen LogP contribution < -0.4 is 11.2 Å². The Labute approximate surface area is 185 Å². The van der Waals surface area contributed by atoms with Gasteiger partial charge in [-0.3, -0.25) is 13.9 Å². The van der Waals surface area contributed by atoms with Gasteiger partial charge in [-0.25, -0.2) is 9.78 Å². The Bertz CT molecular complexity index is 1340. The number of hydrogen-bond acceptors (Lipinski definition) is 4. The van der Waals surface area contributed by atoms with Crippen molar-refractivity contribution in [2.45, 2.75) is 37.2 Å². The number of rotatable bonds is 7. The van der Waals surface area contributed by atoms with E-state index >= 15 is 0 Å². The monoisotopic (exact) mass is 434 g/mol. The first-order valence-electron chi connectivity index (χ1n) is 10.3. The summed E-state index contributed by atoms with van der Waals surface area (Å²) >= 11 is 1.60. The zero-order valence-electron chi connectivity index (χ0n) is 18.0. The molecule has 0 radical (unpaired) electrons. The van der Waals surface area contributed by atoms with Crippen molar-refractivity contribution >= 4 is 22.9 Å². The van der Waals surface area contributed by atoms with E-state index in [-0.39, 0.29) is 11.2 Å². The molecule has 7 heteroatoms. The summed E-state index contributed by atoms with van der Waals surface area (Å²) in [6.07, 6.45) is 1.79. The van der Waals surface area contributed by atoms with E-state index in [0.717, 1.165) is 28.3 Å². The number of nitrogens with zero attached hydrogens (tertiary/aromatic N) is 4. The molecular weight excluding hydrogens is 408 g/mol. The summed E-state index contributed by atoms with van der Waals surface area (Å²) in [7, 11) is 3.19. The van der Waals surface area contributed by atoms with Crippen molar-refractivity contribution in [2.24, 2.45) is 14.1 Å². The molecule has 0 unspecified atom stereocenters. The molecular formula is C24H26N4O2S. The number of hydrogen-bond donors (Lipinski definition) is 0. The molecule has 31 heavy (non-hydrogen) atoms. The maximum atomic E-state index is 13.0. The van der Waals surface area contributed by atoms with Crippen molar-refractivity contribution in [2.75, 3.05) is 0 Å². The van der Waals surface area contributed by atoms with Crippen LogP contribution in [-0.2, 0) is 32.8 Å². The van der Waals surface area contributed by atoms with Gasteiger partial charge < -0.3 is 4.57 Å². The number of benzene rings is 2. The minimum atomic E-state index is -0.360. The van der Waals surface area contributed by atoms with E-state index in [9.17, 15) is 9.59 Å². The molecule has 160 valence electrons. The SMILES string of the molecule is Cc1cccc(CSc2nc3c(c(=O)n(C)c(=O)n3C)n2CCCc2ccccc2)c1. The number of thioether (sulfide) groups is 1. The summed E-state index contributed by atoms with van der Waals surface area (Å²) in [4.78, 5) is 30.1. The molecule has 2 heterocycles. The van der Waals surface area contributed by atoms with Crippen LogP contribution in [0.5, 0.6) is 0 Å². The van der Waals surface area contributed by atoms with Crippen LogP contribution >= 0.6 is 11.8 Å². The highest BCUT2D eigenvalue weighted by molar-refractivity contribution is 7.98. The van der Waals surface area contributed by atoms with Crippen LogP contribution in [0.25, 0.3) is 11.2 Å². The van der Waals surface area contributed by atoms with Gasteiger partial charge in [0.05, 0.1) is 0 Å². The average molecular weight is 435 g/mol. The first kappa shape index (κ1) is 21.2. The van der Waals surface area contributed by atoms with E-state index < -0.39 is 0 Å². The van der Waals surface area contributed by atoms with E-state index in [1.807, 2.05) is 28.8 Å². The molecule has 0 amide bonds. The maximum absolute atomic E-state index is 13.0. The van der Waals surface area contributed by atoms with E-state index in [1.165, 1.54) is 28.3 Å². The molecule has 0 N–H and O–H groups in total. The van der Waals surface area contributed by atoms with Crippen molar-refractivity contribution in [3.8, 4) is 0 Å². The predicted molar refractivity (Wildman–Crippen MR) is 126 cm³/mol. The minimum Gasteiger partial charge on any atom is -0.313 e. The van der Waals surface area contributed by atoms with Gasteiger partial charge in [0.2, 0.25) is 0 Å². The molecule has 0 fully saturated rings. The van der Waals surface area contributed by atoms with E-state index in [2.05, 4.69) is 37.3 Å². The van der Waals surface area contributed by atoms with Crippen LogP contribution in [0.4, 0.5) is 0 Å². The molecule has 0 saturated heterocycles. The molecule has 4 aromatic rings. The quantitative estimate of drug-likeness (QED) is 0.417. The standard InChI is InChI=1S/C24H26N4O2S/c1-17-9-7-12-19(15-17)16-31-23-25-21-20(22(29)27(3)24(30)26(21)2)28(23)14-8-13-18-10-5-4-6-11-18/h4-7,9-12,15H,8,13-14,16H2,1-3H3. The highest BCUT2D eigenvalue weighted by Gasteiger charge is 2.19. The summed E-state index contributed by atoms with van der Waals surface area (Å²) in [5.41, 5.74) is 3.96. The highest BCUT2D eigenvalue weighted by atomic mass is 32.2. The summed E-state index contributed by atoms with van der Waals surface area (Å²) in [6.45, 7) is 2.74. The maximum Gasteiger partial charge on any atom is 0.332 e. The van der Waals surface area contributed by atoms with Crippen molar-refractivity contribution < 1.29 is 0 Å². The molecule has 0 aliphatic heterocycles. The summed E-state index contributed by atoms with van der Waals surface area (Å²) in [6, 6.07) is 18.7. The lowest BCUT2D eigenvalue weighted by Gasteiger charge is -2.10. The normalized spacial score (nSPS) is 11.3. The van der Waals surface area contributed by atoms with Gasteiger partial charge in [-0.15, -0.1) is 0 Å². The fourth-order valence-electron chi connectivity index (χ4n) is 3.78. The van der Waals surface area contributed by atoms with Gasteiger partial charge in [-0.2, -0.15) is 0 Å². The fraction of sp³-hybridized carbons (Fsp3) is 0.292. The molecule has 2 aromatic heterocycles. The first-order chi connectivity index (χ1) is 15.0. The molecule has 2 aromatic carbocycles. The van der Waals surface area contributed by atoms with Crippen LogP contribution in [0.15, 0.2) is 69.3 Å². The van der Waals surface area contributed by atoms with Gasteiger partial charge in [0.1, 0.15) is 0 Å². The lowest BCUT2D eigenvalue weighted by atomic mass is 10.1. The number of aryl methyl sites for hydroxylation is 4. The fourth-order valence-corrected chi connectivity index (χ4v) is 4.74. The summed E-state index contributed by atoms with van der Waals surface area (Å²) in [5, 5.41) is 0.767. The van der Waals surface area contributed by atoms with Crippen LogP contribution in [0.3, 0.4) is 0 Å².